The van der Waals surface area contributed by atoms with E-state index in [-0.39, 0.29) is 6.04 Å². The van der Waals surface area contributed by atoms with E-state index in [1.807, 2.05) is 43.3 Å². The average molecular weight is 233 g/mol. The van der Waals surface area contributed by atoms with E-state index in [1.165, 1.54) is 0 Å². The van der Waals surface area contributed by atoms with Crippen LogP contribution in [0.15, 0.2) is 42.6 Å². The molecule has 0 fully saturated rings. The van der Waals surface area contributed by atoms with Crippen molar-refractivity contribution in [1.29, 1.82) is 0 Å². The Morgan fingerprint density at radius 2 is 1.88 bits per heavy atom. The number of nitrogens with two attached hydrogens (primary N) is 1. The predicted molar refractivity (Wildman–Crippen MR) is 67.3 cm³/mol. The van der Waals surface area contributed by atoms with Crippen LogP contribution in [0.5, 0.6) is 0 Å². The summed E-state index contributed by atoms with van der Waals surface area (Å²) >= 11 is 5.86. The second kappa shape index (κ2) is 4.64. The van der Waals surface area contributed by atoms with Gasteiger partial charge in [0.25, 0.3) is 0 Å². The maximum Gasteiger partial charge on any atom is 0.0646 e. The molecule has 2 aromatic rings. The molecule has 2 N–H and O–H groups in total. The van der Waals surface area contributed by atoms with Crippen molar-refractivity contribution in [3.8, 4) is 11.1 Å². The van der Waals surface area contributed by atoms with Gasteiger partial charge in [-0.05, 0) is 30.7 Å². The highest BCUT2D eigenvalue weighted by Crippen LogP contribution is 2.26. The number of aromatic nitrogens is 1. The third kappa shape index (κ3) is 2.23. The summed E-state index contributed by atoms with van der Waals surface area (Å²) in [4.78, 5) is 4.32. The van der Waals surface area contributed by atoms with Crippen LogP contribution in [0.3, 0.4) is 0 Å². The fourth-order valence-electron chi connectivity index (χ4n) is 1.65. The predicted octanol–water partition coefficient (Wildman–Crippen LogP) is 3.42. The highest BCUT2D eigenvalue weighted by atomic mass is 35.5. The van der Waals surface area contributed by atoms with Crippen molar-refractivity contribution in [1.82, 2.24) is 4.98 Å². The Morgan fingerprint density at radius 1 is 1.19 bits per heavy atom. The van der Waals surface area contributed by atoms with Crippen LogP contribution in [-0.4, -0.2) is 4.98 Å². The molecule has 1 heterocycles. The van der Waals surface area contributed by atoms with Gasteiger partial charge in [0.15, 0.2) is 0 Å². The smallest absolute Gasteiger partial charge is 0.0646 e. The molecule has 82 valence electrons. The maximum atomic E-state index is 5.89. The number of halogens is 1. The van der Waals surface area contributed by atoms with Crippen LogP contribution in [0.4, 0.5) is 0 Å². The highest BCUT2D eigenvalue weighted by Gasteiger charge is 2.09. The van der Waals surface area contributed by atoms with Crippen molar-refractivity contribution >= 4 is 11.6 Å². The van der Waals surface area contributed by atoms with Crippen molar-refractivity contribution in [3.63, 3.8) is 0 Å². The van der Waals surface area contributed by atoms with E-state index >= 15 is 0 Å². The normalized spacial score (nSPS) is 12.4. The lowest BCUT2D eigenvalue weighted by Gasteiger charge is -2.11. The highest BCUT2D eigenvalue weighted by molar-refractivity contribution is 6.30. The van der Waals surface area contributed by atoms with Gasteiger partial charge in [-0.1, -0.05) is 29.8 Å². The lowest BCUT2D eigenvalue weighted by molar-refractivity contribution is 0.784. The fraction of sp³-hybridized carbons (Fsp3) is 0.154. The average Bonchev–Trinajstić information content (AvgIpc) is 2.30. The minimum Gasteiger partial charge on any atom is -0.323 e. The zero-order valence-electron chi connectivity index (χ0n) is 9.02. The monoisotopic (exact) mass is 232 g/mol. The van der Waals surface area contributed by atoms with Crippen LogP contribution in [0.25, 0.3) is 11.1 Å². The van der Waals surface area contributed by atoms with Gasteiger partial charge >= 0.3 is 0 Å². The first-order chi connectivity index (χ1) is 7.68. The molecule has 16 heavy (non-hydrogen) atoms. The zero-order chi connectivity index (χ0) is 11.5. The molecular weight excluding hydrogens is 220 g/mol. The molecule has 1 atom stereocenters. The Labute approximate surface area is 100 Å². The van der Waals surface area contributed by atoms with Gasteiger partial charge < -0.3 is 5.73 Å². The second-order valence-corrected chi connectivity index (χ2v) is 4.17. The molecule has 0 saturated carbocycles. The maximum absolute atomic E-state index is 5.89. The van der Waals surface area contributed by atoms with E-state index in [0.717, 1.165) is 21.8 Å². The summed E-state index contributed by atoms with van der Waals surface area (Å²) in [5, 5.41) is 0.731. The van der Waals surface area contributed by atoms with E-state index in [0.29, 0.717) is 0 Å². The Bertz CT molecular complexity index is 478. The number of nitrogens with zero attached hydrogens (tertiary/aromatic N) is 1. The largest absolute Gasteiger partial charge is 0.323 e. The van der Waals surface area contributed by atoms with Gasteiger partial charge in [0.05, 0.1) is 5.69 Å². The van der Waals surface area contributed by atoms with Gasteiger partial charge in [-0.3, -0.25) is 4.98 Å². The topological polar surface area (TPSA) is 38.9 Å². The molecule has 1 unspecified atom stereocenters. The van der Waals surface area contributed by atoms with Gasteiger partial charge in [0.2, 0.25) is 0 Å². The summed E-state index contributed by atoms with van der Waals surface area (Å²) in [5.41, 5.74) is 8.95. The first-order valence-corrected chi connectivity index (χ1v) is 5.52. The third-order valence-corrected chi connectivity index (χ3v) is 2.68. The van der Waals surface area contributed by atoms with Crippen LogP contribution >= 0.6 is 11.6 Å². The minimum absolute atomic E-state index is 0.0770. The first-order valence-electron chi connectivity index (χ1n) is 5.15. The zero-order valence-corrected chi connectivity index (χ0v) is 9.78. The summed E-state index contributed by atoms with van der Waals surface area (Å²) < 4.78 is 0. The van der Waals surface area contributed by atoms with Crippen LogP contribution in [-0.2, 0) is 0 Å². The standard InChI is InChI=1S/C13H13ClN2/c1-9(15)13-12(3-2-8-16-13)10-4-6-11(14)7-5-10/h2-9H,15H2,1H3. The van der Waals surface area contributed by atoms with Crippen molar-refractivity contribution in [2.24, 2.45) is 5.73 Å². The van der Waals surface area contributed by atoms with Crippen molar-refractivity contribution in [2.75, 3.05) is 0 Å². The molecule has 0 bridgehead atoms. The third-order valence-electron chi connectivity index (χ3n) is 2.43. The molecule has 0 amide bonds. The first kappa shape index (κ1) is 11.1. The lowest BCUT2D eigenvalue weighted by Crippen LogP contribution is -2.08. The molecule has 0 aliphatic heterocycles. The summed E-state index contributed by atoms with van der Waals surface area (Å²) in [6, 6.07) is 11.6. The Hall–Kier alpha value is -1.38. The number of hydrogen-bond acceptors (Lipinski definition) is 2. The summed E-state index contributed by atoms with van der Waals surface area (Å²) in [6.45, 7) is 1.93. The fourth-order valence-corrected chi connectivity index (χ4v) is 1.78. The van der Waals surface area contributed by atoms with Crippen LogP contribution in [0, 0.1) is 0 Å². The van der Waals surface area contributed by atoms with E-state index in [9.17, 15) is 0 Å². The molecule has 0 saturated heterocycles. The Kier molecular flexibility index (Phi) is 3.22. The molecule has 0 spiro atoms. The summed E-state index contributed by atoms with van der Waals surface area (Å²) in [5.74, 6) is 0. The summed E-state index contributed by atoms with van der Waals surface area (Å²) in [6.07, 6.45) is 1.76. The number of hydrogen-bond donors (Lipinski definition) is 1. The number of benzene rings is 1. The number of rotatable bonds is 2. The van der Waals surface area contributed by atoms with Crippen molar-refractivity contribution in [3.05, 3.63) is 53.3 Å². The van der Waals surface area contributed by atoms with Gasteiger partial charge in [-0.2, -0.15) is 0 Å². The van der Waals surface area contributed by atoms with Crippen LogP contribution < -0.4 is 5.73 Å². The molecular formula is C13H13ClN2. The molecule has 0 aliphatic carbocycles. The van der Waals surface area contributed by atoms with Gasteiger partial charge in [-0.15, -0.1) is 0 Å². The molecule has 1 aromatic heterocycles. The molecule has 2 rings (SSSR count). The molecule has 2 nitrogen and oxygen atoms in total. The van der Waals surface area contributed by atoms with Gasteiger partial charge in [-0.25, -0.2) is 0 Å². The second-order valence-electron chi connectivity index (χ2n) is 3.73. The van der Waals surface area contributed by atoms with Crippen molar-refractivity contribution in [2.45, 2.75) is 13.0 Å². The van der Waals surface area contributed by atoms with Gasteiger partial charge in [0.1, 0.15) is 0 Å². The van der Waals surface area contributed by atoms with E-state index in [4.69, 9.17) is 17.3 Å². The van der Waals surface area contributed by atoms with Gasteiger partial charge in [0, 0.05) is 22.8 Å². The molecule has 3 heteroatoms. The molecule has 0 aliphatic rings. The SMILES string of the molecule is CC(N)c1ncccc1-c1ccc(Cl)cc1. The van der Waals surface area contributed by atoms with Crippen molar-refractivity contribution < 1.29 is 0 Å². The minimum atomic E-state index is -0.0770. The van der Waals surface area contributed by atoms with E-state index in [2.05, 4.69) is 4.98 Å². The lowest BCUT2D eigenvalue weighted by atomic mass is 10.0. The Balaban J connectivity index is 2.51. The quantitative estimate of drug-likeness (QED) is 0.862. The summed E-state index contributed by atoms with van der Waals surface area (Å²) in [7, 11) is 0. The van der Waals surface area contributed by atoms with E-state index in [1.54, 1.807) is 6.20 Å². The molecule has 0 radical (unpaired) electrons. The van der Waals surface area contributed by atoms with E-state index < -0.39 is 0 Å². The molecule has 1 aromatic carbocycles. The number of pyridine rings is 1. The van der Waals surface area contributed by atoms with Crippen LogP contribution in [0.1, 0.15) is 18.7 Å². The van der Waals surface area contributed by atoms with Crippen LogP contribution in [0.2, 0.25) is 5.02 Å². The Morgan fingerprint density at radius 3 is 2.50 bits per heavy atom.